The van der Waals surface area contributed by atoms with Gasteiger partial charge in [0.25, 0.3) is 0 Å². The van der Waals surface area contributed by atoms with E-state index in [9.17, 15) is 13.2 Å². The molecular weight excluding hydrogens is 472 g/mol. The van der Waals surface area contributed by atoms with Crippen molar-refractivity contribution in [3.8, 4) is 0 Å². The lowest BCUT2D eigenvalue weighted by Crippen LogP contribution is -2.43. The molecule has 8 nitrogen and oxygen atoms in total. The summed E-state index contributed by atoms with van der Waals surface area (Å²) in [4.78, 5) is 17.1. The van der Waals surface area contributed by atoms with Gasteiger partial charge in [-0.05, 0) is 57.7 Å². The Bertz CT molecular complexity index is 1340. The van der Waals surface area contributed by atoms with Crippen LogP contribution in [0.5, 0.6) is 0 Å². The molecule has 10 heteroatoms. The number of benzene rings is 1. The molecule has 1 aromatic carbocycles. The molecule has 0 bridgehead atoms. The lowest BCUT2D eigenvalue weighted by molar-refractivity contribution is -0.120. The zero-order valence-corrected chi connectivity index (χ0v) is 21.3. The van der Waals surface area contributed by atoms with Crippen molar-refractivity contribution in [3.05, 3.63) is 57.4 Å². The molecule has 3 aromatic rings. The van der Waals surface area contributed by atoms with E-state index in [2.05, 4.69) is 15.5 Å². The van der Waals surface area contributed by atoms with Gasteiger partial charge in [-0.3, -0.25) is 4.79 Å². The van der Waals surface area contributed by atoms with Crippen molar-refractivity contribution >= 4 is 44.6 Å². The van der Waals surface area contributed by atoms with E-state index in [0.717, 1.165) is 22.4 Å². The van der Waals surface area contributed by atoms with Crippen LogP contribution in [0.4, 0.5) is 5.13 Å². The van der Waals surface area contributed by atoms with Gasteiger partial charge in [0.1, 0.15) is 5.69 Å². The first kappa shape index (κ1) is 24.3. The minimum Gasteiger partial charge on any atom is -0.355 e. The summed E-state index contributed by atoms with van der Waals surface area (Å²) in [6.07, 6.45) is 4.69. The monoisotopic (exact) mass is 500 g/mol. The number of amides is 1. The van der Waals surface area contributed by atoms with Gasteiger partial charge in [-0.15, -0.1) is 11.3 Å². The van der Waals surface area contributed by atoms with Crippen LogP contribution in [-0.2, 0) is 14.8 Å². The molecule has 1 saturated heterocycles. The first-order valence-electron chi connectivity index (χ1n) is 11.1. The highest BCUT2D eigenvalue weighted by atomic mass is 32.2. The number of aryl methyl sites for hydroxylation is 4. The summed E-state index contributed by atoms with van der Waals surface area (Å²) in [5, 5.41) is 9.12. The second-order valence-electron chi connectivity index (χ2n) is 8.64. The maximum atomic E-state index is 13.6. The van der Waals surface area contributed by atoms with Gasteiger partial charge in [-0.1, -0.05) is 35.0 Å². The third kappa shape index (κ3) is 5.13. The van der Waals surface area contributed by atoms with Crippen molar-refractivity contribution < 1.29 is 17.7 Å². The van der Waals surface area contributed by atoms with Gasteiger partial charge in [0, 0.05) is 18.5 Å². The van der Waals surface area contributed by atoms with Crippen LogP contribution >= 0.6 is 11.3 Å². The molecule has 3 heterocycles. The zero-order valence-electron chi connectivity index (χ0n) is 19.7. The average molecular weight is 501 g/mol. The first-order chi connectivity index (χ1) is 16.1. The fourth-order valence-electron chi connectivity index (χ4n) is 4.03. The van der Waals surface area contributed by atoms with E-state index in [1.54, 1.807) is 13.0 Å². The number of rotatable bonds is 6. The fraction of sp³-hybridized carbons (Fsp3) is 0.375. The molecule has 1 aliphatic heterocycles. The Kier molecular flexibility index (Phi) is 7.01. The average Bonchev–Trinajstić information content (AvgIpc) is 3.39. The second-order valence-corrected chi connectivity index (χ2v) is 11.4. The van der Waals surface area contributed by atoms with Crippen LogP contribution in [0.25, 0.3) is 12.2 Å². The Balaban J connectivity index is 1.56. The van der Waals surface area contributed by atoms with Crippen LogP contribution in [-0.4, -0.2) is 41.9 Å². The van der Waals surface area contributed by atoms with Crippen molar-refractivity contribution in [1.29, 1.82) is 0 Å². The van der Waals surface area contributed by atoms with Crippen LogP contribution in [0.15, 0.2) is 33.0 Å². The van der Waals surface area contributed by atoms with Crippen LogP contribution in [0, 0.1) is 33.6 Å². The molecule has 2 aromatic heterocycles. The summed E-state index contributed by atoms with van der Waals surface area (Å²) in [6, 6.07) is 6.07. The molecule has 1 amide bonds. The van der Waals surface area contributed by atoms with Crippen molar-refractivity contribution in [2.45, 2.75) is 45.4 Å². The lowest BCUT2D eigenvalue weighted by atomic mass is 9.99. The third-order valence-electron chi connectivity index (χ3n) is 5.88. The van der Waals surface area contributed by atoms with Crippen molar-refractivity contribution in [2.75, 3.05) is 18.4 Å². The molecule has 1 atom stereocenters. The number of hydrogen-bond acceptors (Lipinski definition) is 7. The molecule has 1 fully saturated rings. The number of carbonyl (C=O) groups excluding carboxylic acids is 1. The number of nitrogens with one attached hydrogen (secondary N) is 1. The van der Waals surface area contributed by atoms with Crippen LogP contribution in [0.2, 0.25) is 0 Å². The highest BCUT2D eigenvalue weighted by molar-refractivity contribution is 7.89. The summed E-state index contributed by atoms with van der Waals surface area (Å²) < 4.78 is 34.0. The van der Waals surface area contributed by atoms with Gasteiger partial charge >= 0.3 is 0 Å². The standard InChI is InChI=1S/C24H28N4O4S2/c1-15-7-8-16(2)19(12-15)9-10-21-22(18(4)27-32-21)34(30,31)28-11-5-6-20(13-28)23(29)26-24-25-17(3)14-33-24/h7-10,12,14,20H,5-6,11,13H2,1-4H3,(H,25,26,29)/b10-9+/t20-/m1/s1. The Morgan fingerprint density at radius 3 is 2.76 bits per heavy atom. The number of nitrogens with zero attached hydrogens (tertiary/aromatic N) is 3. The fourth-order valence-corrected chi connectivity index (χ4v) is 6.49. The minimum absolute atomic E-state index is 0.0469. The molecule has 4 rings (SSSR count). The SMILES string of the molecule is Cc1ccc(C)c(/C=C/c2onc(C)c2S(=O)(=O)N2CCC[C@@H](C(=O)Nc3nc(C)cs3)C2)c1. The smallest absolute Gasteiger partial charge is 0.248 e. The highest BCUT2D eigenvalue weighted by Gasteiger charge is 2.37. The molecule has 180 valence electrons. The molecule has 1 aliphatic rings. The summed E-state index contributed by atoms with van der Waals surface area (Å²) in [7, 11) is -3.91. The van der Waals surface area contributed by atoms with E-state index in [1.165, 1.54) is 15.6 Å². The molecule has 34 heavy (non-hydrogen) atoms. The Hall–Kier alpha value is -2.82. The van der Waals surface area contributed by atoms with E-state index in [1.807, 2.05) is 50.4 Å². The third-order valence-corrected chi connectivity index (χ3v) is 8.78. The number of aromatic nitrogens is 2. The van der Waals surface area contributed by atoms with E-state index < -0.39 is 15.9 Å². The molecule has 0 spiro atoms. The number of carbonyl (C=O) groups is 1. The second kappa shape index (κ2) is 9.81. The van der Waals surface area contributed by atoms with Crippen molar-refractivity contribution in [1.82, 2.24) is 14.4 Å². The number of piperidine rings is 1. The number of thiazole rings is 1. The maximum Gasteiger partial charge on any atom is 0.248 e. The van der Waals surface area contributed by atoms with E-state index in [-0.39, 0.29) is 23.1 Å². The number of sulfonamides is 1. The van der Waals surface area contributed by atoms with Gasteiger partial charge in [-0.2, -0.15) is 4.31 Å². The summed E-state index contributed by atoms with van der Waals surface area (Å²) >= 11 is 1.35. The van der Waals surface area contributed by atoms with Crippen LogP contribution < -0.4 is 5.32 Å². The quantitative estimate of drug-likeness (QED) is 0.531. The Labute approximate surface area is 203 Å². The Morgan fingerprint density at radius 2 is 2.03 bits per heavy atom. The molecular formula is C24H28N4O4S2. The molecule has 1 N–H and O–H groups in total. The first-order valence-corrected chi connectivity index (χ1v) is 13.4. The molecule has 0 unspecified atom stereocenters. The molecule has 0 aliphatic carbocycles. The number of anilines is 1. The van der Waals surface area contributed by atoms with Crippen molar-refractivity contribution in [3.63, 3.8) is 0 Å². The Morgan fingerprint density at radius 1 is 1.24 bits per heavy atom. The minimum atomic E-state index is -3.91. The normalized spacial score (nSPS) is 17.4. The van der Waals surface area contributed by atoms with Gasteiger partial charge in [-0.25, -0.2) is 13.4 Å². The summed E-state index contributed by atoms with van der Waals surface area (Å²) in [5.74, 6) is -0.489. The lowest BCUT2D eigenvalue weighted by Gasteiger charge is -2.30. The van der Waals surface area contributed by atoms with E-state index >= 15 is 0 Å². The highest BCUT2D eigenvalue weighted by Crippen LogP contribution is 2.30. The van der Waals surface area contributed by atoms with Crippen LogP contribution in [0.3, 0.4) is 0 Å². The van der Waals surface area contributed by atoms with E-state index in [4.69, 9.17) is 4.52 Å². The summed E-state index contributed by atoms with van der Waals surface area (Å²) in [5.41, 5.74) is 4.28. The molecule has 0 saturated carbocycles. The predicted molar refractivity (Wildman–Crippen MR) is 133 cm³/mol. The van der Waals surface area contributed by atoms with Crippen LogP contribution in [0.1, 0.15) is 46.7 Å². The van der Waals surface area contributed by atoms with Gasteiger partial charge in [0.15, 0.2) is 15.8 Å². The largest absolute Gasteiger partial charge is 0.355 e. The topological polar surface area (TPSA) is 105 Å². The van der Waals surface area contributed by atoms with E-state index in [0.29, 0.717) is 30.2 Å². The molecule has 0 radical (unpaired) electrons. The predicted octanol–water partition coefficient (Wildman–Crippen LogP) is 4.57. The maximum absolute atomic E-state index is 13.6. The van der Waals surface area contributed by atoms with Gasteiger partial charge < -0.3 is 9.84 Å². The van der Waals surface area contributed by atoms with Gasteiger partial charge in [0.05, 0.1) is 11.6 Å². The number of hydrogen-bond donors (Lipinski definition) is 1. The van der Waals surface area contributed by atoms with Gasteiger partial charge in [0.2, 0.25) is 15.9 Å². The zero-order chi connectivity index (χ0) is 24.5. The summed E-state index contributed by atoms with van der Waals surface area (Å²) in [6.45, 7) is 7.91. The van der Waals surface area contributed by atoms with Crippen molar-refractivity contribution in [2.24, 2.45) is 5.92 Å².